The lowest BCUT2D eigenvalue weighted by Crippen LogP contribution is -2.30. The third-order valence-corrected chi connectivity index (χ3v) is 7.36. The molecule has 0 aliphatic heterocycles. The van der Waals surface area contributed by atoms with Gasteiger partial charge in [0.1, 0.15) is 48.7 Å². The SMILES string of the molecule is CC.CC(C)c1ccc(F)cc1OCCOCCNC(=O)OCc1ccccc1.CC(C)c1ccc(F)cc1OCCOCCNC(=O)Oc1ccccc1. The van der Waals surface area contributed by atoms with Crippen molar-refractivity contribution >= 4 is 12.2 Å². The van der Waals surface area contributed by atoms with Crippen molar-refractivity contribution in [1.29, 1.82) is 0 Å². The van der Waals surface area contributed by atoms with Crippen molar-refractivity contribution in [2.75, 3.05) is 52.7 Å². The fourth-order valence-corrected chi connectivity index (χ4v) is 4.70. The second kappa shape index (κ2) is 27.4. The van der Waals surface area contributed by atoms with E-state index in [4.69, 9.17) is 28.4 Å². The first-order valence-corrected chi connectivity index (χ1v) is 18.6. The molecule has 0 spiro atoms. The molecule has 0 radical (unpaired) electrons. The van der Waals surface area contributed by atoms with Crippen LogP contribution in [0.2, 0.25) is 0 Å². The Labute approximate surface area is 324 Å². The van der Waals surface area contributed by atoms with Crippen molar-refractivity contribution in [1.82, 2.24) is 10.6 Å². The second-order valence-electron chi connectivity index (χ2n) is 12.2. The zero-order valence-corrected chi connectivity index (χ0v) is 32.8. The molecule has 4 rings (SSSR count). The van der Waals surface area contributed by atoms with Crippen molar-refractivity contribution in [2.45, 2.75) is 60.0 Å². The topological polar surface area (TPSA) is 114 Å². The van der Waals surface area contributed by atoms with Gasteiger partial charge in [-0.25, -0.2) is 18.4 Å². The lowest BCUT2D eigenvalue weighted by molar-refractivity contribution is 0.0962. The van der Waals surface area contributed by atoms with Gasteiger partial charge < -0.3 is 39.1 Å². The number of carbonyl (C=O) groups excluding carboxylic acids is 2. The minimum absolute atomic E-state index is 0.229. The molecule has 0 fully saturated rings. The quantitative estimate of drug-likeness (QED) is 0.0909. The smallest absolute Gasteiger partial charge is 0.412 e. The zero-order valence-electron chi connectivity index (χ0n) is 32.8. The van der Waals surface area contributed by atoms with E-state index in [1.165, 1.54) is 24.3 Å². The Morgan fingerprint density at radius 1 is 0.582 bits per heavy atom. The highest BCUT2D eigenvalue weighted by atomic mass is 19.1. The van der Waals surface area contributed by atoms with Gasteiger partial charge >= 0.3 is 12.2 Å². The Balaban J connectivity index is 0.000000364. The van der Waals surface area contributed by atoms with Crippen LogP contribution in [-0.4, -0.2) is 64.9 Å². The van der Waals surface area contributed by atoms with E-state index < -0.39 is 12.2 Å². The van der Waals surface area contributed by atoms with E-state index in [1.54, 1.807) is 36.4 Å². The van der Waals surface area contributed by atoms with Crippen molar-refractivity contribution < 1.29 is 46.8 Å². The molecular formula is C43H56F2N2O8. The maximum Gasteiger partial charge on any atom is 0.412 e. The number of benzene rings is 4. The van der Waals surface area contributed by atoms with E-state index in [0.717, 1.165) is 16.7 Å². The largest absolute Gasteiger partial charge is 0.491 e. The molecule has 0 bridgehead atoms. The van der Waals surface area contributed by atoms with Crippen molar-refractivity contribution in [3.8, 4) is 17.2 Å². The lowest BCUT2D eigenvalue weighted by atomic mass is 10.0. The highest BCUT2D eigenvalue weighted by molar-refractivity contribution is 5.70. The van der Waals surface area contributed by atoms with Gasteiger partial charge in [-0.3, -0.25) is 0 Å². The van der Waals surface area contributed by atoms with E-state index in [0.29, 0.717) is 70.0 Å². The fourth-order valence-electron chi connectivity index (χ4n) is 4.70. The number of carbonyl (C=O) groups is 2. The molecule has 4 aromatic carbocycles. The Hall–Kier alpha value is -5.20. The van der Waals surface area contributed by atoms with Gasteiger partial charge in [-0.1, -0.05) is 102 Å². The van der Waals surface area contributed by atoms with Gasteiger partial charge in [0.25, 0.3) is 0 Å². The number of hydrogen-bond acceptors (Lipinski definition) is 8. The highest BCUT2D eigenvalue weighted by Crippen LogP contribution is 2.28. The van der Waals surface area contributed by atoms with E-state index in [-0.39, 0.29) is 30.1 Å². The normalized spacial score (nSPS) is 10.4. The summed E-state index contributed by atoms with van der Waals surface area (Å²) >= 11 is 0. The first-order chi connectivity index (χ1) is 26.6. The average molecular weight is 767 g/mol. The molecule has 55 heavy (non-hydrogen) atoms. The molecule has 2 amide bonds. The first kappa shape index (κ1) is 46.0. The first-order valence-electron chi connectivity index (χ1n) is 18.6. The molecule has 10 nitrogen and oxygen atoms in total. The van der Waals surface area contributed by atoms with Crippen LogP contribution in [0.5, 0.6) is 17.2 Å². The number of ether oxygens (including phenoxy) is 6. The molecule has 0 unspecified atom stereocenters. The van der Waals surface area contributed by atoms with Crippen LogP contribution in [-0.2, 0) is 20.8 Å². The summed E-state index contributed by atoms with van der Waals surface area (Å²) in [5.74, 6) is 1.39. The fraction of sp³-hybridized carbons (Fsp3) is 0.395. The monoisotopic (exact) mass is 766 g/mol. The predicted molar refractivity (Wildman–Crippen MR) is 210 cm³/mol. The van der Waals surface area contributed by atoms with Gasteiger partial charge in [-0.2, -0.15) is 0 Å². The molecule has 12 heteroatoms. The maximum absolute atomic E-state index is 13.4. The number of rotatable bonds is 19. The van der Waals surface area contributed by atoms with Gasteiger partial charge in [0.2, 0.25) is 0 Å². The Morgan fingerprint density at radius 2 is 1.04 bits per heavy atom. The van der Waals surface area contributed by atoms with Gasteiger partial charge in [0.05, 0.1) is 26.4 Å². The molecule has 0 aromatic heterocycles. The maximum atomic E-state index is 13.4. The van der Waals surface area contributed by atoms with E-state index >= 15 is 0 Å². The summed E-state index contributed by atoms with van der Waals surface area (Å²) in [5.41, 5.74) is 2.84. The summed E-state index contributed by atoms with van der Waals surface area (Å²) in [4.78, 5) is 23.1. The van der Waals surface area contributed by atoms with E-state index in [2.05, 4.69) is 10.6 Å². The molecule has 0 aliphatic rings. The number of alkyl carbamates (subject to hydrolysis) is 1. The molecule has 300 valence electrons. The predicted octanol–water partition coefficient (Wildman–Crippen LogP) is 9.43. The van der Waals surface area contributed by atoms with E-state index in [9.17, 15) is 18.4 Å². The summed E-state index contributed by atoms with van der Waals surface area (Å²) in [6.45, 7) is 14.9. The zero-order chi connectivity index (χ0) is 40.3. The number of nitrogens with one attached hydrogen (secondary N) is 2. The minimum Gasteiger partial charge on any atom is -0.491 e. The van der Waals surface area contributed by atoms with Crippen LogP contribution in [0.4, 0.5) is 18.4 Å². The number of para-hydroxylation sites is 1. The number of amides is 2. The average Bonchev–Trinajstić information content (AvgIpc) is 3.18. The third kappa shape index (κ3) is 19.6. The molecule has 0 heterocycles. The van der Waals surface area contributed by atoms with E-state index in [1.807, 2.05) is 77.9 Å². The number of halogens is 2. The van der Waals surface area contributed by atoms with Crippen LogP contribution in [0.15, 0.2) is 97.1 Å². The Morgan fingerprint density at radius 3 is 1.51 bits per heavy atom. The molecule has 0 aliphatic carbocycles. The van der Waals surface area contributed by atoms with Gasteiger partial charge in [0.15, 0.2) is 0 Å². The van der Waals surface area contributed by atoms with Gasteiger partial charge in [-0.05, 0) is 52.8 Å². The van der Waals surface area contributed by atoms with Crippen molar-refractivity contribution in [3.05, 3.63) is 125 Å². The van der Waals surface area contributed by atoms with Crippen LogP contribution in [0.25, 0.3) is 0 Å². The van der Waals surface area contributed by atoms with Crippen LogP contribution in [0.3, 0.4) is 0 Å². The highest BCUT2D eigenvalue weighted by Gasteiger charge is 2.11. The number of hydrogen-bond donors (Lipinski definition) is 2. The van der Waals surface area contributed by atoms with Gasteiger partial charge in [0, 0.05) is 25.2 Å². The van der Waals surface area contributed by atoms with Gasteiger partial charge in [-0.15, -0.1) is 0 Å². The lowest BCUT2D eigenvalue weighted by Gasteiger charge is -2.14. The van der Waals surface area contributed by atoms with Crippen LogP contribution >= 0.6 is 0 Å². The Kier molecular flexibility index (Phi) is 22.9. The summed E-state index contributed by atoms with van der Waals surface area (Å²) in [6, 6.07) is 27.4. The summed E-state index contributed by atoms with van der Waals surface area (Å²) < 4.78 is 58.9. The summed E-state index contributed by atoms with van der Waals surface area (Å²) in [6.07, 6.45) is -1.02. The minimum atomic E-state index is -0.530. The Bertz CT molecular complexity index is 1640. The van der Waals surface area contributed by atoms with Crippen LogP contribution < -0.4 is 24.8 Å². The molecule has 4 aromatic rings. The molecular weight excluding hydrogens is 710 g/mol. The van der Waals surface area contributed by atoms with Crippen LogP contribution in [0, 0.1) is 11.6 Å². The molecule has 2 N–H and O–H groups in total. The third-order valence-electron chi connectivity index (χ3n) is 7.36. The van der Waals surface area contributed by atoms with Crippen molar-refractivity contribution in [2.24, 2.45) is 0 Å². The standard InChI is InChI=1S/C21H26FNO4.C20H24FNO4.C2H6/c1-16(2)19-9-8-18(22)14-20(19)26-13-12-25-11-10-23-21(24)27-15-17-6-4-3-5-7-17;1-15(2)18-9-8-16(21)14-19(18)25-13-12-24-11-10-22-20(23)26-17-6-4-3-5-7-17;1-2/h3-9,14,16H,10-13,15H2,1-2H3,(H,23,24);3-9,14-15H,10-13H2,1-2H3,(H,22,23);1-2H3. The second-order valence-corrected chi connectivity index (χ2v) is 12.2. The molecule has 0 saturated carbocycles. The summed E-state index contributed by atoms with van der Waals surface area (Å²) in [5, 5.41) is 5.21. The van der Waals surface area contributed by atoms with Crippen molar-refractivity contribution in [3.63, 3.8) is 0 Å². The molecule has 0 atom stereocenters. The summed E-state index contributed by atoms with van der Waals surface area (Å²) in [7, 11) is 0. The van der Waals surface area contributed by atoms with Crippen LogP contribution in [0.1, 0.15) is 70.1 Å². The molecule has 0 saturated heterocycles.